The second kappa shape index (κ2) is 5.25. The molecule has 0 amide bonds. The Labute approximate surface area is 114 Å². The highest BCUT2D eigenvalue weighted by atomic mass is 19.4. The Morgan fingerprint density at radius 1 is 1.10 bits per heavy atom. The van der Waals surface area contributed by atoms with Gasteiger partial charge in [-0.25, -0.2) is 0 Å². The average molecular weight is 277 g/mol. The number of halogens is 3. The van der Waals surface area contributed by atoms with Crippen molar-refractivity contribution < 1.29 is 17.9 Å². The number of aryl methyl sites for hydroxylation is 1. The van der Waals surface area contributed by atoms with Crippen molar-refractivity contribution in [3.8, 4) is 22.9 Å². The summed E-state index contributed by atoms with van der Waals surface area (Å²) in [5, 5.41) is 8.93. The molecule has 0 aliphatic heterocycles. The zero-order valence-electron chi connectivity index (χ0n) is 10.5. The average Bonchev–Trinajstić information content (AvgIpc) is 2.36. The van der Waals surface area contributed by atoms with Crippen LogP contribution in [0.1, 0.15) is 11.1 Å². The summed E-state index contributed by atoms with van der Waals surface area (Å²) in [7, 11) is 0. The second-order valence-corrected chi connectivity index (χ2v) is 4.24. The minimum Gasteiger partial charge on any atom is -0.405 e. The molecule has 0 N–H and O–H groups in total. The van der Waals surface area contributed by atoms with Crippen molar-refractivity contribution in [2.24, 2.45) is 0 Å². The van der Waals surface area contributed by atoms with Gasteiger partial charge in [0, 0.05) is 5.56 Å². The van der Waals surface area contributed by atoms with Gasteiger partial charge in [0.05, 0.1) is 11.6 Å². The van der Waals surface area contributed by atoms with Crippen LogP contribution >= 0.6 is 0 Å². The van der Waals surface area contributed by atoms with Crippen molar-refractivity contribution >= 4 is 0 Å². The zero-order valence-corrected chi connectivity index (χ0v) is 10.5. The highest BCUT2D eigenvalue weighted by Crippen LogP contribution is 2.34. The van der Waals surface area contributed by atoms with Crippen LogP contribution in [-0.2, 0) is 0 Å². The molecular weight excluding hydrogens is 267 g/mol. The first-order chi connectivity index (χ1) is 9.39. The third kappa shape index (κ3) is 3.29. The number of para-hydroxylation sites is 1. The van der Waals surface area contributed by atoms with Crippen LogP contribution in [0.2, 0.25) is 0 Å². The fourth-order valence-corrected chi connectivity index (χ4v) is 1.92. The van der Waals surface area contributed by atoms with Crippen LogP contribution in [0.4, 0.5) is 13.2 Å². The molecule has 2 aromatic rings. The molecule has 2 aromatic carbocycles. The molecule has 0 radical (unpaired) electrons. The molecule has 0 unspecified atom stereocenters. The molecule has 0 bridgehead atoms. The van der Waals surface area contributed by atoms with E-state index >= 15 is 0 Å². The Morgan fingerprint density at radius 3 is 2.45 bits per heavy atom. The Balaban J connectivity index is 2.53. The monoisotopic (exact) mass is 277 g/mol. The topological polar surface area (TPSA) is 33.0 Å². The Kier molecular flexibility index (Phi) is 3.66. The largest absolute Gasteiger partial charge is 0.573 e. The van der Waals surface area contributed by atoms with Gasteiger partial charge in [-0.05, 0) is 36.2 Å². The molecule has 0 saturated heterocycles. The number of hydrogen-bond acceptors (Lipinski definition) is 2. The summed E-state index contributed by atoms with van der Waals surface area (Å²) in [4.78, 5) is 0. The van der Waals surface area contributed by atoms with E-state index in [2.05, 4.69) is 4.74 Å². The van der Waals surface area contributed by atoms with E-state index < -0.39 is 6.36 Å². The summed E-state index contributed by atoms with van der Waals surface area (Å²) in [6, 6.07) is 12.7. The van der Waals surface area contributed by atoms with E-state index in [4.69, 9.17) is 5.26 Å². The maximum Gasteiger partial charge on any atom is 0.573 e. The molecule has 5 heteroatoms. The lowest BCUT2D eigenvalue weighted by Crippen LogP contribution is -2.17. The van der Waals surface area contributed by atoms with Crippen LogP contribution < -0.4 is 4.74 Å². The molecule has 0 saturated carbocycles. The van der Waals surface area contributed by atoms with Gasteiger partial charge in [0.15, 0.2) is 0 Å². The Bertz CT molecular complexity index is 672. The van der Waals surface area contributed by atoms with Crippen molar-refractivity contribution in [2.75, 3.05) is 0 Å². The van der Waals surface area contributed by atoms with Crippen molar-refractivity contribution in [3.63, 3.8) is 0 Å². The highest BCUT2D eigenvalue weighted by Gasteiger charge is 2.32. The van der Waals surface area contributed by atoms with Gasteiger partial charge in [-0.1, -0.05) is 24.3 Å². The molecule has 0 aliphatic carbocycles. The van der Waals surface area contributed by atoms with Crippen LogP contribution in [0.25, 0.3) is 11.1 Å². The molecule has 0 aliphatic rings. The number of hydrogen-bond donors (Lipinski definition) is 0. The Hall–Kier alpha value is -2.48. The number of rotatable bonds is 2. The standard InChI is InChI=1S/C15H10F3NO/c1-10-6-11(9-19)8-12(7-10)13-4-2-3-5-14(13)20-15(16,17)18/h2-8H,1H3. The van der Waals surface area contributed by atoms with Gasteiger partial charge >= 0.3 is 6.36 Å². The quantitative estimate of drug-likeness (QED) is 0.813. The third-order valence-electron chi connectivity index (χ3n) is 2.63. The number of nitrogens with zero attached hydrogens (tertiary/aromatic N) is 1. The molecule has 102 valence electrons. The maximum atomic E-state index is 12.4. The Morgan fingerprint density at radius 2 is 1.80 bits per heavy atom. The first kappa shape index (κ1) is 13.9. The predicted octanol–water partition coefficient (Wildman–Crippen LogP) is 4.43. The molecule has 2 nitrogen and oxygen atoms in total. The number of benzene rings is 2. The van der Waals surface area contributed by atoms with Crippen molar-refractivity contribution in [3.05, 3.63) is 53.6 Å². The molecule has 0 spiro atoms. The van der Waals surface area contributed by atoms with E-state index in [1.165, 1.54) is 24.3 Å². The lowest BCUT2D eigenvalue weighted by molar-refractivity contribution is -0.274. The summed E-state index contributed by atoms with van der Waals surface area (Å²) in [5.74, 6) is -0.283. The second-order valence-electron chi connectivity index (χ2n) is 4.24. The first-order valence-electron chi connectivity index (χ1n) is 5.76. The number of nitriles is 1. The summed E-state index contributed by atoms with van der Waals surface area (Å²) >= 11 is 0. The molecule has 0 heterocycles. The summed E-state index contributed by atoms with van der Waals surface area (Å²) in [6.07, 6.45) is -4.75. The highest BCUT2D eigenvalue weighted by molar-refractivity contribution is 5.72. The van der Waals surface area contributed by atoms with E-state index in [9.17, 15) is 13.2 Å². The molecule has 0 atom stereocenters. The van der Waals surface area contributed by atoms with Crippen LogP contribution in [0.15, 0.2) is 42.5 Å². The first-order valence-corrected chi connectivity index (χ1v) is 5.76. The van der Waals surface area contributed by atoms with Crippen LogP contribution in [0.3, 0.4) is 0 Å². The van der Waals surface area contributed by atoms with Crippen LogP contribution in [0, 0.1) is 18.3 Å². The van der Waals surface area contributed by atoms with E-state index in [1.54, 1.807) is 25.1 Å². The minimum atomic E-state index is -4.75. The maximum absolute atomic E-state index is 12.4. The molecular formula is C15H10F3NO. The van der Waals surface area contributed by atoms with E-state index in [1.807, 2.05) is 6.07 Å². The predicted molar refractivity (Wildman–Crippen MR) is 68.0 cm³/mol. The summed E-state index contributed by atoms with van der Waals surface area (Å²) in [6.45, 7) is 1.78. The van der Waals surface area contributed by atoms with Gasteiger partial charge in [0.2, 0.25) is 0 Å². The van der Waals surface area contributed by atoms with Gasteiger partial charge in [0.1, 0.15) is 5.75 Å². The SMILES string of the molecule is Cc1cc(C#N)cc(-c2ccccc2OC(F)(F)F)c1. The normalized spacial score (nSPS) is 10.9. The summed E-state index contributed by atoms with van der Waals surface area (Å²) in [5.41, 5.74) is 1.99. The van der Waals surface area contributed by atoms with Gasteiger partial charge in [0.25, 0.3) is 0 Å². The summed E-state index contributed by atoms with van der Waals surface area (Å²) < 4.78 is 41.2. The van der Waals surface area contributed by atoms with Gasteiger partial charge in [-0.2, -0.15) is 5.26 Å². The number of alkyl halides is 3. The van der Waals surface area contributed by atoms with Crippen molar-refractivity contribution in [1.82, 2.24) is 0 Å². The van der Waals surface area contributed by atoms with Crippen LogP contribution in [-0.4, -0.2) is 6.36 Å². The van der Waals surface area contributed by atoms with E-state index in [0.717, 1.165) is 5.56 Å². The van der Waals surface area contributed by atoms with E-state index in [-0.39, 0.29) is 5.75 Å². The van der Waals surface area contributed by atoms with Crippen molar-refractivity contribution in [1.29, 1.82) is 5.26 Å². The minimum absolute atomic E-state index is 0.283. The molecule has 0 fully saturated rings. The van der Waals surface area contributed by atoms with Gasteiger partial charge < -0.3 is 4.74 Å². The fourth-order valence-electron chi connectivity index (χ4n) is 1.92. The molecule has 2 rings (SSSR count). The fraction of sp³-hybridized carbons (Fsp3) is 0.133. The smallest absolute Gasteiger partial charge is 0.405 e. The van der Waals surface area contributed by atoms with Crippen molar-refractivity contribution in [2.45, 2.75) is 13.3 Å². The van der Waals surface area contributed by atoms with Gasteiger partial charge in [-0.3, -0.25) is 0 Å². The van der Waals surface area contributed by atoms with Gasteiger partial charge in [-0.15, -0.1) is 13.2 Å². The molecule has 0 aromatic heterocycles. The van der Waals surface area contributed by atoms with Crippen LogP contribution in [0.5, 0.6) is 5.75 Å². The zero-order chi connectivity index (χ0) is 14.8. The third-order valence-corrected chi connectivity index (χ3v) is 2.63. The lowest BCUT2D eigenvalue weighted by atomic mass is 10.00. The lowest BCUT2D eigenvalue weighted by Gasteiger charge is -2.13. The van der Waals surface area contributed by atoms with E-state index in [0.29, 0.717) is 16.7 Å². The molecule has 20 heavy (non-hydrogen) atoms. The number of ether oxygens (including phenoxy) is 1.